The van der Waals surface area contributed by atoms with Gasteiger partial charge in [0.05, 0.1) is 18.3 Å². The number of benzene rings is 1. The SMILES string of the molecule is COc1ccc(F)cc1C12CC(B3OC(C)(C)C(C)(C)O3)(C1)C2. The van der Waals surface area contributed by atoms with Gasteiger partial charge in [-0.3, -0.25) is 0 Å². The first-order valence-electron chi connectivity index (χ1n) is 8.33. The highest BCUT2D eigenvalue weighted by atomic mass is 19.1. The Kier molecular flexibility index (Phi) is 2.90. The van der Waals surface area contributed by atoms with E-state index in [1.807, 2.05) is 0 Å². The standard InChI is InChI=1S/C18H24BFO3/c1-15(2)16(3,4)23-19(22-15)18-9-17(10-18,11-18)13-8-12(20)6-7-14(13)21-5/h6-8H,9-11H2,1-5H3. The van der Waals surface area contributed by atoms with Crippen molar-refractivity contribution in [1.82, 2.24) is 0 Å². The molecule has 124 valence electrons. The van der Waals surface area contributed by atoms with Crippen LogP contribution in [-0.4, -0.2) is 25.4 Å². The molecule has 1 aliphatic heterocycles. The molecule has 4 aliphatic rings. The van der Waals surface area contributed by atoms with Gasteiger partial charge in [-0.2, -0.15) is 0 Å². The second-order valence-electron chi connectivity index (χ2n) is 8.61. The largest absolute Gasteiger partial charge is 0.496 e. The smallest absolute Gasteiger partial charge is 0.464 e. The van der Waals surface area contributed by atoms with E-state index >= 15 is 0 Å². The van der Waals surface area contributed by atoms with Gasteiger partial charge in [0.25, 0.3) is 0 Å². The maximum absolute atomic E-state index is 13.7. The third-order valence-electron chi connectivity index (χ3n) is 6.56. The van der Waals surface area contributed by atoms with Gasteiger partial charge >= 0.3 is 7.12 Å². The first-order chi connectivity index (χ1) is 10.6. The zero-order valence-electron chi connectivity index (χ0n) is 14.5. The highest BCUT2D eigenvalue weighted by Gasteiger charge is 2.77. The molecule has 23 heavy (non-hydrogen) atoms. The minimum absolute atomic E-state index is 0.0387. The third-order valence-corrected chi connectivity index (χ3v) is 6.56. The molecular weight excluding hydrogens is 294 g/mol. The minimum Gasteiger partial charge on any atom is -0.496 e. The zero-order chi connectivity index (χ0) is 16.7. The van der Waals surface area contributed by atoms with Gasteiger partial charge in [0, 0.05) is 10.9 Å². The average Bonchev–Trinajstić information content (AvgIpc) is 2.55. The van der Waals surface area contributed by atoms with Crippen LogP contribution in [0.4, 0.5) is 4.39 Å². The Hall–Kier alpha value is -1.07. The molecule has 0 radical (unpaired) electrons. The van der Waals surface area contributed by atoms with Crippen molar-refractivity contribution in [3.8, 4) is 5.75 Å². The van der Waals surface area contributed by atoms with Crippen LogP contribution in [-0.2, 0) is 14.7 Å². The van der Waals surface area contributed by atoms with Crippen molar-refractivity contribution in [3.63, 3.8) is 0 Å². The van der Waals surface area contributed by atoms with Gasteiger partial charge in [-0.15, -0.1) is 0 Å². The maximum atomic E-state index is 13.7. The second-order valence-corrected chi connectivity index (χ2v) is 8.61. The first kappa shape index (κ1) is 15.5. The fourth-order valence-corrected chi connectivity index (χ4v) is 4.59. The number of ether oxygens (including phenoxy) is 1. The van der Waals surface area contributed by atoms with E-state index in [9.17, 15) is 4.39 Å². The normalized spacial score (nSPS) is 36.3. The average molecular weight is 318 g/mol. The summed E-state index contributed by atoms with van der Waals surface area (Å²) in [5.41, 5.74) is 0.448. The number of rotatable bonds is 3. The van der Waals surface area contributed by atoms with Crippen LogP contribution in [0.2, 0.25) is 5.31 Å². The van der Waals surface area contributed by atoms with E-state index in [-0.39, 0.29) is 34.9 Å². The van der Waals surface area contributed by atoms with E-state index in [1.54, 1.807) is 19.2 Å². The molecule has 5 rings (SSSR count). The Morgan fingerprint density at radius 1 is 1.04 bits per heavy atom. The van der Waals surface area contributed by atoms with E-state index < -0.39 is 0 Å². The summed E-state index contributed by atoms with van der Waals surface area (Å²) in [5, 5.41) is 0.0857. The van der Waals surface area contributed by atoms with Gasteiger partial charge < -0.3 is 14.0 Å². The van der Waals surface area contributed by atoms with E-state index in [4.69, 9.17) is 14.0 Å². The molecule has 0 N–H and O–H groups in total. The van der Waals surface area contributed by atoms with E-state index in [1.165, 1.54) is 6.07 Å². The molecule has 1 saturated heterocycles. The number of hydrogen-bond acceptors (Lipinski definition) is 3. The first-order valence-corrected chi connectivity index (χ1v) is 8.33. The van der Waals surface area contributed by atoms with Gasteiger partial charge in [0.2, 0.25) is 0 Å². The number of methoxy groups -OCH3 is 1. The molecule has 1 aromatic carbocycles. The fraction of sp³-hybridized carbons (Fsp3) is 0.667. The number of halogens is 1. The van der Waals surface area contributed by atoms with Crippen LogP contribution in [0.25, 0.3) is 0 Å². The van der Waals surface area contributed by atoms with Crippen molar-refractivity contribution in [1.29, 1.82) is 0 Å². The zero-order valence-corrected chi connectivity index (χ0v) is 14.5. The van der Waals surface area contributed by atoms with Crippen molar-refractivity contribution in [3.05, 3.63) is 29.6 Å². The number of hydrogen-bond donors (Lipinski definition) is 0. The molecule has 3 saturated carbocycles. The van der Waals surface area contributed by atoms with Crippen molar-refractivity contribution in [2.24, 2.45) is 0 Å². The molecule has 1 heterocycles. The molecule has 5 heteroatoms. The highest BCUT2D eigenvalue weighted by molar-refractivity contribution is 6.51. The summed E-state index contributed by atoms with van der Waals surface area (Å²) in [6, 6.07) is 4.82. The summed E-state index contributed by atoms with van der Waals surface area (Å²) < 4.78 is 31.6. The van der Waals surface area contributed by atoms with Crippen molar-refractivity contribution in [2.45, 2.75) is 68.9 Å². The van der Waals surface area contributed by atoms with Crippen molar-refractivity contribution >= 4 is 7.12 Å². The summed E-state index contributed by atoms with van der Waals surface area (Å²) in [4.78, 5) is 0. The lowest BCUT2D eigenvalue weighted by Crippen LogP contribution is -2.66. The lowest BCUT2D eigenvalue weighted by molar-refractivity contribution is -0.0398. The predicted octanol–water partition coefficient (Wildman–Crippen LogP) is 4.10. The Morgan fingerprint density at radius 3 is 2.13 bits per heavy atom. The van der Waals surface area contributed by atoms with Crippen LogP contribution in [0, 0.1) is 5.82 Å². The van der Waals surface area contributed by atoms with Crippen molar-refractivity contribution < 1.29 is 18.4 Å². The molecular formula is C18H24BFO3. The van der Waals surface area contributed by atoms with Gasteiger partial charge in [-0.1, -0.05) is 0 Å². The second kappa shape index (κ2) is 4.31. The Bertz CT molecular complexity index is 634. The molecule has 3 aliphatic carbocycles. The van der Waals surface area contributed by atoms with E-state index in [0.29, 0.717) is 0 Å². The Labute approximate surface area is 137 Å². The monoisotopic (exact) mass is 318 g/mol. The predicted molar refractivity (Wildman–Crippen MR) is 87.3 cm³/mol. The topological polar surface area (TPSA) is 27.7 Å². The molecule has 1 aromatic rings. The van der Waals surface area contributed by atoms with Crippen LogP contribution in [0.3, 0.4) is 0 Å². The van der Waals surface area contributed by atoms with E-state index in [0.717, 1.165) is 30.6 Å². The van der Waals surface area contributed by atoms with Gasteiger partial charge in [0.1, 0.15) is 11.6 Å². The Balaban J connectivity index is 1.55. The molecule has 0 aromatic heterocycles. The molecule has 3 nitrogen and oxygen atoms in total. The molecule has 0 atom stereocenters. The molecule has 0 amide bonds. The maximum Gasteiger partial charge on any atom is 0.464 e. The quantitative estimate of drug-likeness (QED) is 0.785. The summed E-state index contributed by atoms with van der Waals surface area (Å²) in [6.45, 7) is 8.35. The molecule has 0 spiro atoms. The molecule has 4 fully saturated rings. The van der Waals surface area contributed by atoms with Crippen LogP contribution < -0.4 is 4.74 Å². The van der Waals surface area contributed by atoms with Gasteiger partial charge in [-0.25, -0.2) is 4.39 Å². The molecule has 0 unspecified atom stereocenters. The van der Waals surface area contributed by atoms with E-state index in [2.05, 4.69) is 27.7 Å². The third kappa shape index (κ3) is 1.90. The van der Waals surface area contributed by atoms with Crippen LogP contribution in [0.15, 0.2) is 18.2 Å². The summed E-state index contributed by atoms with van der Waals surface area (Å²) in [7, 11) is 1.49. The fourth-order valence-electron chi connectivity index (χ4n) is 4.59. The summed E-state index contributed by atoms with van der Waals surface area (Å²) in [5.74, 6) is 0.587. The minimum atomic E-state index is -0.295. The Morgan fingerprint density at radius 2 is 1.61 bits per heavy atom. The summed E-state index contributed by atoms with van der Waals surface area (Å²) >= 11 is 0. The highest BCUT2D eigenvalue weighted by Crippen LogP contribution is 2.81. The summed E-state index contributed by atoms with van der Waals surface area (Å²) in [6.07, 6.45) is 2.95. The lowest BCUT2D eigenvalue weighted by Gasteiger charge is -2.71. The lowest BCUT2D eigenvalue weighted by atomic mass is 9.23. The van der Waals surface area contributed by atoms with Crippen molar-refractivity contribution in [2.75, 3.05) is 7.11 Å². The van der Waals surface area contributed by atoms with Crippen LogP contribution in [0.1, 0.15) is 52.5 Å². The van der Waals surface area contributed by atoms with Gasteiger partial charge in [-0.05, 0) is 70.6 Å². The van der Waals surface area contributed by atoms with Crippen LogP contribution in [0.5, 0.6) is 5.75 Å². The van der Waals surface area contributed by atoms with Gasteiger partial charge in [0.15, 0.2) is 0 Å². The molecule has 2 bridgehead atoms. The van der Waals surface area contributed by atoms with Crippen LogP contribution >= 0.6 is 0 Å².